The number of aliphatic carboxylic acids is 1. The van der Waals surface area contributed by atoms with Crippen LogP contribution in [0.1, 0.15) is 53.4 Å². The SMILES string of the molecule is CC(C)(NC(=O)NC(C1CC1)C1CC1)C(C)(C)C(=O)O. The maximum atomic E-state index is 12.2. The first-order valence-electron chi connectivity index (χ1n) is 7.47. The fraction of sp³-hybridized carbons (Fsp3) is 0.867. The molecule has 20 heavy (non-hydrogen) atoms. The van der Waals surface area contributed by atoms with Crippen LogP contribution in [-0.2, 0) is 4.79 Å². The molecule has 2 amide bonds. The Morgan fingerprint density at radius 1 is 1.05 bits per heavy atom. The molecule has 3 N–H and O–H groups in total. The maximum Gasteiger partial charge on any atom is 0.315 e. The zero-order valence-corrected chi connectivity index (χ0v) is 12.8. The lowest BCUT2D eigenvalue weighted by Gasteiger charge is -2.39. The standard InChI is InChI=1S/C15H26N2O3/c1-14(2,12(18)19)15(3,4)17-13(20)16-11(9-5-6-9)10-7-8-10/h9-11H,5-8H2,1-4H3,(H,18,19)(H2,16,17,20). The number of amides is 2. The normalized spacial score (nSPS) is 19.9. The number of carboxylic acid groups (broad SMARTS) is 1. The first-order valence-corrected chi connectivity index (χ1v) is 7.47. The fourth-order valence-corrected chi connectivity index (χ4v) is 2.43. The Morgan fingerprint density at radius 2 is 1.50 bits per heavy atom. The lowest BCUT2D eigenvalue weighted by molar-refractivity contribution is -0.150. The van der Waals surface area contributed by atoms with Gasteiger partial charge in [0.2, 0.25) is 0 Å². The van der Waals surface area contributed by atoms with Gasteiger partial charge in [0.1, 0.15) is 0 Å². The Balaban J connectivity index is 1.94. The van der Waals surface area contributed by atoms with Gasteiger partial charge < -0.3 is 15.7 Å². The van der Waals surface area contributed by atoms with E-state index in [1.807, 2.05) is 0 Å². The van der Waals surface area contributed by atoms with E-state index < -0.39 is 16.9 Å². The van der Waals surface area contributed by atoms with Crippen molar-refractivity contribution in [2.75, 3.05) is 0 Å². The van der Waals surface area contributed by atoms with E-state index in [1.165, 1.54) is 25.7 Å². The van der Waals surface area contributed by atoms with Gasteiger partial charge in [-0.25, -0.2) is 4.79 Å². The second-order valence-corrected chi connectivity index (χ2v) is 7.35. The first-order chi connectivity index (χ1) is 9.15. The molecule has 2 fully saturated rings. The van der Waals surface area contributed by atoms with Gasteiger partial charge in [-0.15, -0.1) is 0 Å². The Morgan fingerprint density at radius 3 is 1.85 bits per heavy atom. The number of carbonyl (C=O) groups excluding carboxylic acids is 1. The number of urea groups is 1. The molecule has 0 aliphatic heterocycles. The Labute approximate surface area is 120 Å². The number of rotatable bonds is 6. The molecule has 0 heterocycles. The number of hydrogen-bond acceptors (Lipinski definition) is 2. The van der Waals surface area contributed by atoms with Crippen molar-refractivity contribution in [3.8, 4) is 0 Å². The van der Waals surface area contributed by atoms with Crippen LogP contribution in [-0.4, -0.2) is 28.7 Å². The molecular formula is C15H26N2O3. The molecule has 0 atom stereocenters. The molecule has 0 saturated heterocycles. The number of hydrogen-bond donors (Lipinski definition) is 3. The predicted octanol–water partition coefficient (Wildman–Crippen LogP) is 2.36. The Kier molecular flexibility index (Phi) is 3.73. The average molecular weight is 282 g/mol. The topological polar surface area (TPSA) is 78.4 Å². The summed E-state index contributed by atoms with van der Waals surface area (Å²) in [4.78, 5) is 23.5. The van der Waals surface area contributed by atoms with E-state index in [0.29, 0.717) is 11.8 Å². The Hall–Kier alpha value is -1.26. The third-order valence-corrected chi connectivity index (χ3v) is 5.08. The van der Waals surface area contributed by atoms with Crippen molar-refractivity contribution in [3.63, 3.8) is 0 Å². The average Bonchev–Trinajstić information content (AvgIpc) is 3.16. The van der Waals surface area contributed by atoms with Gasteiger partial charge in [-0.3, -0.25) is 4.79 Å². The summed E-state index contributed by atoms with van der Waals surface area (Å²) in [7, 11) is 0. The summed E-state index contributed by atoms with van der Waals surface area (Å²) < 4.78 is 0. The van der Waals surface area contributed by atoms with E-state index in [0.717, 1.165) is 0 Å². The highest BCUT2D eigenvalue weighted by Gasteiger charge is 2.46. The summed E-state index contributed by atoms with van der Waals surface area (Å²) in [5.74, 6) is 0.344. The summed E-state index contributed by atoms with van der Waals surface area (Å²) in [5.41, 5.74) is -1.85. The molecule has 0 radical (unpaired) electrons. The first kappa shape index (κ1) is 15.1. The largest absolute Gasteiger partial charge is 0.481 e. The minimum absolute atomic E-state index is 0.242. The maximum absolute atomic E-state index is 12.2. The van der Waals surface area contributed by atoms with Crippen LogP contribution in [0.2, 0.25) is 0 Å². The van der Waals surface area contributed by atoms with Crippen LogP contribution in [0, 0.1) is 17.3 Å². The lowest BCUT2D eigenvalue weighted by atomic mass is 9.74. The number of carbonyl (C=O) groups is 2. The van der Waals surface area contributed by atoms with E-state index in [1.54, 1.807) is 27.7 Å². The van der Waals surface area contributed by atoms with Crippen molar-refractivity contribution in [3.05, 3.63) is 0 Å². The Bertz CT molecular complexity index is 397. The van der Waals surface area contributed by atoms with Crippen LogP contribution in [0.3, 0.4) is 0 Å². The van der Waals surface area contributed by atoms with Gasteiger partial charge in [0.15, 0.2) is 0 Å². The highest BCUT2D eigenvalue weighted by atomic mass is 16.4. The highest BCUT2D eigenvalue weighted by Crippen LogP contribution is 2.44. The van der Waals surface area contributed by atoms with Gasteiger partial charge in [-0.1, -0.05) is 0 Å². The van der Waals surface area contributed by atoms with Crippen LogP contribution in [0.4, 0.5) is 4.79 Å². The summed E-state index contributed by atoms with van der Waals surface area (Å²) >= 11 is 0. The second kappa shape index (κ2) is 4.93. The molecular weight excluding hydrogens is 256 g/mol. The highest BCUT2D eigenvalue weighted by molar-refractivity contribution is 5.79. The summed E-state index contributed by atoms with van der Waals surface area (Å²) in [6.45, 7) is 6.78. The molecule has 0 spiro atoms. The lowest BCUT2D eigenvalue weighted by Crippen LogP contribution is -2.60. The second-order valence-electron chi connectivity index (χ2n) is 7.35. The van der Waals surface area contributed by atoms with Gasteiger partial charge in [0, 0.05) is 6.04 Å². The van der Waals surface area contributed by atoms with E-state index >= 15 is 0 Å². The van der Waals surface area contributed by atoms with E-state index in [4.69, 9.17) is 0 Å². The molecule has 0 aromatic heterocycles. The van der Waals surface area contributed by atoms with Crippen LogP contribution in [0.5, 0.6) is 0 Å². The summed E-state index contributed by atoms with van der Waals surface area (Å²) in [6, 6.07) is 0.0341. The zero-order valence-electron chi connectivity index (χ0n) is 12.8. The van der Waals surface area contributed by atoms with Crippen molar-refractivity contribution in [1.82, 2.24) is 10.6 Å². The predicted molar refractivity (Wildman–Crippen MR) is 76.4 cm³/mol. The van der Waals surface area contributed by atoms with Crippen molar-refractivity contribution in [2.24, 2.45) is 17.3 Å². The van der Waals surface area contributed by atoms with Gasteiger partial charge >= 0.3 is 12.0 Å². The van der Waals surface area contributed by atoms with Crippen molar-refractivity contribution in [1.29, 1.82) is 0 Å². The van der Waals surface area contributed by atoms with Crippen molar-refractivity contribution >= 4 is 12.0 Å². The van der Waals surface area contributed by atoms with Gasteiger partial charge in [-0.05, 0) is 65.2 Å². The van der Waals surface area contributed by atoms with Crippen LogP contribution < -0.4 is 10.6 Å². The van der Waals surface area contributed by atoms with Gasteiger partial charge in [-0.2, -0.15) is 0 Å². The van der Waals surface area contributed by atoms with Crippen LogP contribution in [0.15, 0.2) is 0 Å². The van der Waals surface area contributed by atoms with Gasteiger partial charge in [0.25, 0.3) is 0 Å². The molecule has 2 aliphatic rings. The fourth-order valence-electron chi connectivity index (χ4n) is 2.43. The smallest absolute Gasteiger partial charge is 0.315 e. The molecule has 2 saturated carbocycles. The monoisotopic (exact) mass is 282 g/mol. The van der Waals surface area contributed by atoms with E-state index in [-0.39, 0.29) is 12.1 Å². The molecule has 0 aromatic rings. The summed E-state index contributed by atoms with van der Waals surface area (Å²) in [5, 5.41) is 15.2. The molecule has 2 aliphatic carbocycles. The number of carboxylic acids is 1. The van der Waals surface area contributed by atoms with Crippen LogP contribution in [0.25, 0.3) is 0 Å². The van der Waals surface area contributed by atoms with Crippen LogP contribution >= 0.6 is 0 Å². The molecule has 0 unspecified atom stereocenters. The van der Waals surface area contributed by atoms with Crippen molar-refractivity contribution < 1.29 is 14.7 Å². The van der Waals surface area contributed by atoms with Crippen molar-refractivity contribution in [2.45, 2.75) is 65.0 Å². The molecule has 5 heteroatoms. The minimum atomic E-state index is -1.03. The molecule has 114 valence electrons. The molecule has 2 rings (SSSR count). The minimum Gasteiger partial charge on any atom is -0.481 e. The third kappa shape index (κ3) is 3.07. The molecule has 5 nitrogen and oxygen atoms in total. The zero-order chi connectivity index (χ0) is 15.1. The molecule has 0 bridgehead atoms. The quantitative estimate of drug-likeness (QED) is 0.700. The number of nitrogens with one attached hydrogen (secondary N) is 2. The van der Waals surface area contributed by atoms with E-state index in [2.05, 4.69) is 10.6 Å². The van der Waals surface area contributed by atoms with E-state index in [9.17, 15) is 14.7 Å². The summed E-state index contributed by atoms with van der Waals surface area (Å²) in [6.07, 6.45) is 4.80. The molecule has 0 aromatic carbocycles. The third-order valence-electron chi connectivity index (χ3n) is 5.08. The van der Waals surface area contributed by atoms with Gasteiger partial charge in [0.05, 0.1) is 11.0 Å².